The second-order valence-corrected chi connectivity index (χ2v) is 18.1. The van der Waals surface area contributed by atoms with E-state index in [1.807, 2.05) is 0 Å². The summed E-state index contributed by atoms with van der Waals surface area (Å²) in [5.74, 6) is -0.987. The molecule has 0 radical (unpaired) electrons. The van der Waals surface area contributed by atoms with Crippen LogP contribution in [-0.2, 0) is 28.6 Å². The normalized spacial score (nSPS) is 12.8. The van der Waals surface area contributed by atoms with Gasteiger partial charge in [-0.05, 0) is 116 Å². The fraction of sp³-hybridized carbons (Fsp3) is 0.689. The summed E-state index contributed by atoms with van der Waals surface area (Å²) in [7, 11) is 0. The average Bonchev–Trinajstić information content (AvgIpc) is 3.33. The predicted molar refractivity (Wildman–Crippen MR) is 288 cm³/mol. The zero-order chi connectivity index (χ0) is 48.6. The highest BCUT2D eigenvalue weighted by Gasteiger charge is 2.19. The molecule has 1 atom stereocenters. The number of ether oxygens (including phenoxy) is 3. The summed E-state index contributed by atoms with van der Waals surface area (Å²) in [5, 5.41) is 0. The Kier molecular flexibility index (Phi) is 51.9. The lowest BCUT2D eigenvalue weighted by Gasteiger charge is -2.18. The highest BCUT2D eigenvalue weighted by atomic mass is 16.6. The van der Waals surface area contributed by atoms with E-state index in [9.17, 15) is 14.4 Å². The lowest BCUT2D eigenvalue weighted by Crippen LogP contribution is -2.30. The van der Waals surface area contributed by atoms with E-state index in [-0.39, 0.29) is 37.5 Å². The van der Waals surface area contributed by atoms with Crippen LogP contribution in [0.15, 0.2) is 97.2 Å². The van der Waals surface area contributed by atoms with Crippen molar-refractivity contribution >= 4 is 17.9 Å². The molecule has 0 rings (SSSR count). The summed E-state index contributed by atoms with van der Waals surface area (Å²) in [6, 6.07) is 0. The van der Waals surface area contributed by atoms with Gasteiger partial charge in [0.15, 0.2) is 6.10 Å². The van der Waals surface area contributed by atoms with Crippen LogP contribution in [0.2, 0.25) is 0 Å². The Hall–Kier alpha value is -3.67. The molecule has 0 fully saturated rings. The summed E-state index contributed by atoms with van der Waals surface area (Å²) in [6.07, 6.45) is 72.5. The molecule has 1 unspecified atom stereocenters. The van der Waals surface area contributed by atoms with Gasteiger partial charge in [0, 0.05) is 19.3 Å². The SMILES string of the molecule is CC/C=C\C/C=C\C/C=C\C/C=C\C/C=C\CCCC(=O)OCC(COC(=O)CCCCCCC/C=C\CCCCCCCCC)OC(=O)CCCCCCC/C=C\C/C=C\CCCCCC. The summed E-state index contributed by atoms with van der Waals surface area (Å²) in [5.41, 5.74) is 0. The van der Waals surface area contributed by atoms with Crippen LogP contribution in [0.3, 0.4) is 0 Å². The van der Waals surface area contributed by atoms with Gasteiger partial charge >= 0.3 is 17.9 Å². The molecule has 67 heavy (non-hydrogen) atoms. The van der Waals surface area contributed by atoms with Crippen LogP contribution in [0.5, 0.6) is 0 Å². The van der Waals surface area contributed by atoms with Gasteiger partial charge in [-0.25, -0.2) is 0 Å². The van der Waals surface area contributed by atoms with Crippen LogP contribution in [0.25, 0.3) is 0 Å². The highest BCUT2D eigenvalue weighted by Crippen LogP contribution is 2.13. The minimum absolute atomic E-state index is 0.106. The maximum absolute atomic E-state index is 12.8. The van der Waals surface area contributed by atoms with E-state index < -0.39 is 6.10 Å². The van der Waals surface area contributed by atoms with Gasteiger partial charge in [0.05, 0.1) is 0 Å². The molecule has 382 valence electrons. The molecule has 0 N–H and O–H groups in total. The van der Waals surface area contributed by atoms with Crippen molar-refractivity contribution in [2.75, 3.05) is 13.2 Å². The average molecular weight is 931 g/mol. The molecule has 0 bridgehead atoms. The standard InChI is InChI=1S/C61H102O6/c1-4-7-10-13-16-19-22-25-28-31-34-36-39-42-45-48-51-54-60(63)66-57-58(67-61(64)55-52-49-46-43-40-37-33-30-27-24-21-18-15-12-9-6-3)56-65-59(62)53-50-47-44-41-38-35-32-29-26-23-20-17-14-11-8-5-2/h7,10,16,19,21,24-25,28-30,32-34,36,42,45,58H,4-6,8-9,11-15,17-18,20,22-23,26-27,31,35,37-41,43-44,46-57H2,1-3H3/b10-7-,19-16-,24-21-,28-25-,32-29-,33-30-,36-34-,45-42-. The van der Waals surface area contributed by atoms with E-state index in [2.05, 4.69) is 118 Å². The zero-order valence-electron chi connectivity index (χ0n) is 43.6. The first-order valence-electron chi connectivity index (χ1n) is 27.7. The monoisotopic (exact) mass is 931 g/mol. The fourth-order valence-corrected chi connectivity index (χ4v) is 7.38. The number of hydrogen-bond donors (Lipinski definition) is 0. The number of hydrogen-bond acceptors (Lipinski definition) is 6. The number of rotatable bonds is 49. The first kappa shape index (κ1) is 63.3. The fourth-order valence-electron chi connectivity index (χ4n) is 7.38. The highest BCUT2D eigenvalue weighted by molar-refractivity contribution is 5.71. The Morgan fingerprint density at radius 2 is 0.597 bits per heavy atom. The van der Waals surface area contributed by atoms with Gasteiger partial charge in [0.25, 0.3) is 0 Å². The molecule has 0 aromatic heterocycles. The Labute approximate surface area is 413 Å². The number of unbranched alkanes of at least 4 members (excludes halogenated alkanes) is 22. The minimum Gasteiger partial charge on any atom is -0.462 e. The van der Waals surface area contributed by atoms with Gasteiger partial charge in [-0.3, -0.25) is 14.4 Å². The summed E-state index contributed by atoms with van der Waals surface area (Å²) < 4.78 is 16.8. The second-order valence-electron chi connectivity index (χ2n) is 18.1. The van der Waals surface area contributed by atoms with Gasteiger partial charge in [-0.2, -0.15) is 0 Å². The molecule has 0 aliphatic rings. The Balaban J connectivity index is 4.52. The van der Waals surface area contributed by atoms with Gasteiger partial charge in [0.2, 0.25) is 0 Å². The maximum atomic E-state index is 12.8. The molecule has 0 spiro atoms. The summed E-state index contributed by atoms with van der Waals surface area (Å²) in [4.78, 5) is 38.1. The maximum Gasteiger partial charge on any atom is 0.306 e. The third kappa shape index (κ3) is 53.2. The van der Waals surface area contributed by atoms with E-state index in [4.69, 9.17) is 14.2 Å². The first-order valence-corrected chi connectivity index (χ1v) is 27.7. The van der Waals surface area contributed by atoms with Crippen LogP contribution >= 0.6 is 0 Å². The molecule has 0 saturated heterocycles. The van der Waals surface area contributed by atoms with Gasteiger partial charge in [-0.15, -0.1) is 0 Å². The van der Waals surface area contributed by atoms with E-state index in [0.29, 0.717) is 19.3 Å². The van der Waals surface area contributed by atoms with E-state index in [1.165, 1.54) is 89.9 Å². The first-order chi connectivity index (χ1) is 33.0. The molecular formula is C61H102O6. The topological polar surface area (TPSA) is 78.9 Å². The van der Waals surface area contributed by atoms with Crippen LogP contribution in [0, 0.1) is 0 Å². The lowest BCUT2D eigenvalue weighted by molar-refractivity contribution is -0.167. The third-order valence-corrected chi connectivity index (χ3v) is 11.5. The van der Waals surface area contributed by atoms with Gasteiger partial charge in [0.1, 0.15) is 13.2 Å². The van der Waals surface area contributed by atoms with Crippen LogP contribution in [0.1, 0.15) is 252 Å². The molecule has 0 aliphatic heterocycles. The summed E-state index contributed by atoms with van der Waals surface area (Å²) in [6.45, 7) is 6.44. The molecule has 0 aromatic carbocycles. The van der Waals surface area contributed by atoms with Gasteiger partial charge < -0.3 is 14.2 Å². The molecule has 6 heteroatoms. The molecule has 0 heterocycles. The van der Waals surface area contributed by atoms with Crippen molar-refractivity contribution in [3.05, 3.63) is 97.2 Å². The van der Waals surface area contributed by atoms with E-state index in [1.54, 1.807) is 0 Å². The zero-order valence-corrected chi connectivity index (χ0v) is 43.6. The Bertz CT molecular complexity index is 1350. The number of esters is 3. The third-order valence-electron chi connectivity index (χ3n) is 11.5. The molecule has 0 aliphatic carbocycles. The van der Waals surface area contributed by atoms with Crippen molar-refractivity contribution in [2.45, 2.75) is 258 Å². The van der Waals surface area contributed by atoms with Crippen molar-refractivity contribution in [3.63, 3.8) is 0 Å². The van der Waals surface area contributed by atoms with Crippen molar-refractivity contribution in [1.29, 1.82) is 0 Å². The van der Waals surface area contributed by atoms with Crippen LogP contribution in [-0.4, -0.2) is 37.2 Å². The van der Waals surface area contributed by atoms with Crippen LogP contribution < -0.4 is 0 Å². The van der Waals surface area contributed by atoms with Crippen molar-refractivity contribution in [1.82, 2.24) is 0 Å². The number of carbonyl (C=O) groups is 3. The largest absolute Gasteiger partial charge is 0.462 e. The lowest BCUT2D eigenvalue weighted by atomic mass is 10.1. The van der Waals surface area contributed by atoms with Crippen molar-refractivity contribution < 1.29 is 28.6 Å². The predicted octanol–water partition coefficient (Wildman–Crippen LogP) is 18.5. The van der Waals surface area contributed by atoms with Crippen molar-refractivity contribution in [3.8, 4) is 0 Å². The molecule has 0 amide bonds. The second kappa shape index (κ2) is 54.9. The Morgan fingerprint density at radius 1 is 0.313 bits per heavy atom. The van der Waals surface area contributed by atoms with E-state index in [0.717, 1.165) is 116 Å². The molecule has 0 aromatic rings. The van der Waals surface area contributed by atoms with E-state index >= 15 is 0 Å². The molecule has 6 nitrogen and oxygen atoms in total. The van der Waals surface area contributed by atoms with Crippen LogP contribution in [0.4, 0.5) is 0 Å². The number of carbonyl (C=O) groups excluding carboxylic acids is 3. The quantitative estimate of drug-likeness (QED) is 0.0262. The smallest absolute Gasteiger partial charge is 0.306 e. The molecular weight excluding hydrogens is 829 g/mol. The van der Waals surface area contributed by atoms with Crippen molar-refractivity contribution in [2.24, 2.45) is 0 Å². The number of allylic oxidation sites excluding steroid dienone is 16. The molecule has 0 saturated carbocycles. The van der Waals surface area contributed by atoms with Gasteiger partial charge in [-0.1, -0.05) is 214 Å². The minimum atomic E-state index is -0.812. The Morgan fingerprint density at radius 3 is 1.00 bits per heavy atom. The summed E-state index contributed by atoms with van der Waals surface area (Å²) >= 11 is 0.